The summed E-state index contributed by atoms with van der Waals surface area (Å²) in [5.74, 6) is 1.73. The van der Waals surface area contributed by atoms with Gasteiger partial charge < -0.3 is 10.5 Å². The van der Waals surface area contributed by atoms with Crippen molar-refractivity contribution in [1.82, 2.24) is 9.97 Å². The van der Waals surface area contributed by atoms with Gasteiger partial charge in [-0.05, 0) is 41.6 Å². The maximum atomic E-state index is 5.97. The first-order valence-electron chi connectivity index (χ1n) is 6.92. The number of rotatable bonds is 7. The van der Waals surface area contributed by atoms with Crippen LogP contribution in [0.15, 0.2) is 4.47 Å². The van der Waals surface area contributed by atoms with E-state index >= 15 is 0 Å². The predicted molar refractivity (Wildman–Crippen MR) is 82.0 cm³/mol. The van der Waals surface area contributed by atoms with E-state index in [2.05, 4.69) is 46.7 Å². The number of hydrogen-bond donors (Lipinski definition) is 1. The van der Waals surface area contributed by atoms with Crippen LogP contribution in [0.2, 0.25) is 0 Å². The molecule has 0 radical (unpaired) electrons. The highest BCUT2D eigenvalue weighted by molar-refractivity contribution is 9.10. The molecule has 0 saturated carbocycles. The summed E-state index contributed by atoms with van der Waals surface area (Å²) >= 11 is 3.48. The van der Waals surface area contributed by atoms with Crippen molar-refractivity contribution in [2.75, 3.05) is 12.3 Å². The number of nitrogens with two attached hydrogens (primary N) is 1. The first-order valence-corrected chi connectivity index (χ1v) is 7.72. The number of nitrogens with zero attached hydrogens (tertiary/aromatic N) is 2. The topological polar surface area (TPSA) is 61.0 Å². The molecule has 108 valence electrons. The molecule has 0 aliphatic heterocycles. The summed E-state index contributed by atoms with van der Waals surface area (Å²) in [7, 11) is 0. The highest BCUT2D eigenvalue weighted by atomic mass is 79.9. The fourth-order valence-electron chi connectivity index (χ4n) is 1.95. The Morgan fingerprint density at radius 3 is 2.47 bits per heavy atom. The molecule has 1 atom stereocenters. The largest absolute Gasteiger partial charge is 0.383 e. The van der Waals surface area contributed by atoms with Gasteiger partial charge >= 0.3 is 0 Å². The highest BCUT2D eigenvalue weighted by Crippen LogP contribution is 2.27. The Hall–Kier alpha value is -0.680. The Kier molecular flexibility index (Phi) is 6.72. The van der Waals surface area contributed by atoms with Gasteiger partial charge in [0.05, 0.1) is 10.2 Å². The second-order valence-corrected chi connectivity index (χ2v) is 5.85. The number of aromatic nitrogens is 2. The van der Waals surface area contributed by atoms with Crippen LogP contribution in [-0.4, -0.2) is 16.6 Å². The lowest BCUT2D eigenvalue weighted by atomic mass is 10.1. The Morgan fingerprint density at radius 2 is 1.95 bits per heavy atom. The molecule has 0 spiro atoms. The van der Waals surface area contributed by atoms with Crippen molar-refractivity contribution in [3.05, 3.63) is 16.0 Å². The minimum Gasteiger partial charge on any atom is -0.383 e. The molecule has 1 aromatic heterocycles. The van der Waals surface area contributed by atoms with E-state index in [1.807, 2.05) is 6.92 Å². The summed E-state index contributed by atoms with van der Waals surface area (Å²) in [5.41, 5.74) is 6.94. The zero-order valence-electron chi connectivity index (χ0n) is 12.2. The maximum absolute atomic E-state index is 5.97. The van der Waals surface area contributed by atoms with Crippen molar-refractivity contribution < 1.29 is 4.74 Å². The zero-order chi connectivity index (χ0) is 14.4. The van der Waals surface area contributed by atoms with E-state index < -0.39 is 0 Å². The molecule has 1 aromatic rings. The van der Waals surface area contributed by atoms with Gasteiger partial charge in [0, 0.05) is 6.61 Å². The van der Waals surface area contributed by atoms with Crippen molar-refractivity contribution in [2.24, 2.45) is 5.92 Å². The lowest BCUT2D eigenvalue weighted by molar-refractivity contribution is 0.0493. The van der Waals surface area contributed by atoms with Gasteiger partial charge in [-0.1, -0.05) is 27.2 Å². The van der Waals surface area contributed by atoms with E-state index in [9.17, 15) is 0 Å². The molecule has 4 nitrogen and oxygen atoms in total. The van der Waals surface area contributed by atoms with E-state index in [1.165, 1.54) is 0 Å². The number of hydrogen-bond acceptors (Lipinski definition) is 4. The van der Waals surface area contributed by atoms with Gasteiger partial charge in [-0.2, -0.15) is 0 Å². The monoisotopic (exact) mass is 329 g/mol. The van der Waals surface area contributed by atoms with Crippen LogP contribution < -0.4 is 5.73 Å². The average molecular weight is 330 g/mol. The van der Waals surface area contributed by atoms with Gasteiger partial charge in [-0.15, -0.1) is 0 Å². The summed E-state index contributed by atoms with van der Waals surface area (Å²) in [4.78, 5) is 9.02. The molecule has 0 fully saturated rings. The molecular weight excluding hydrogens is 306 g/mol. The Labute approximate surface area is 124 Å². The molecule has 5 heteroatoms. The van der Waals surface area contributed by atoms with Crippen molar-refractivity contribution in [2.45, 2.75) is 53.1 Å². The van der Waals surface area contributed by atoms with E-state index in [4.69, 9.17) is 10.5 Å². The Bertz CT molecular complexity index is 404. The summed E-state index contributed by atoms with van der Waals surface area (Å²) in [5, 5.41) is 0. The third kappa shape index (κ3) is 4.73. The maximum Gasteiger partial charge on any atom is 0.159 e. The molecule has 19 heavy (non-hydrogen) atoms. The van der Waals surface area contributed by atoms with Gasteiger partial charge in [0.25, 0.3) is 0 Å². The molecule has 1 heterocycles. The lowest BCUT2D eigenvalue weighted by Crippen LogP contribution is -2.13. The smallest absolute Gasteiger partial charge is 0.159 e. The summed E-state index contributed by atoms with van der Waals surface area (Å²) in [6, 6.07) is 0. The van der Waals surface area contributed by atoms with Gasteiger partial charge in [0.15, 0.2) is 5.82 Å². The van der Waals surface area contributed by atoms with Crippen LogP contribution in [0, 0.1) is 5.92 Å². The van der Waals surface area contributed by atoms with E-state index in [0.717, 1.165) is 29.4 Å². The van der Waals surface area contributed by atoms with Gasteiger partial charge in [-0.25, -0.2) is 9.97 Å². The summed E-state index contributed by atoms with van der Waals surface area (Å²) in [6.45, 7) is 9.10. The lowest BCUT2D eigenvalue weighted by Gasteiger charge is -2.17. The van der Waals surface area contributed by atoms with Gasteiger partial charge in [0.1, 0.15) is 11.9 Å². The molecule has 1 rings (SSSR count). The van der Waals surface area contributed by atoms with Crippen LogP contribution in [-0.2, 0) is 11.2 Å². The fourth-order valence-corrected chi connectivity index (χ4v) is 2.29. The molecule has 1 unspecified atom stereocenters. The van der Waals surface area contributed by atoms with Crippen molar-refractivity contribution in [3.8, 4) is 0 Å². The third-order valence-electron chi connectivity index (χ3n) is 2.77. The standard InChI is InChI=1S/C14H24BrN3O/c1-5-7-11(19-6-2)14-17-10(8-9(3)4)12(15)13(16)18-14/h9,11H,5-8H2,1-4H3,(H2,16,17,18). The molecule has 0 aromatic carbocycles. The molecular formula is C14H24BrN3O. The number of anilines is 1. The van der Waals surface area contributed by atoms with Gasteiger partial charge in [-0.3, -0.25) is 0 Å². The second-order valence-electron chi connectivity index (χ2n) is 5.06. The van der Waals surface area contributed by atoms with E-state index in [-0.39, 0.29) is 6.10 Å². The molecule has 0 saturated heterocycles. The van der Waals surface area contributed by atoms with Crippen LogP contribution in [0.4, 0.5) is 5.82 Å². The van der Waals surface area contributed by atoms with Crippen LogP contribution in [0.1, 0.15) is 58.2 Å². The SMILES string of the molecule is CCCC(OCC)c1nc(N)c(Br)c(CC(C)C)n1. The predicted octanol–water partition coefficient (Wildman–Crippen LogP) is 3.90. The second kappa shape index (κ2) is 7.80. The quantitative estimate of drug-likeness (QED) is 0.824. The summed E-state index contributed by atoms with van der Waals surface area (Å²) in [6.07, 6.45) is 2.77. The number of ether oxygens (including phenoxy) is 1. The minimum atomic E-state index is -0.0590. The first-order chi connectivity index (χ1) is 8.99. The minimum absolute atomic E-state index is 0.0590. The average Bonchev–Trinajstić information content (AvgIpc) is 2.34. The summed E-state index contributed by atoms with van der Waals surface area (Å²) < 4.78 is 6.54. The van der Waals surface area contributed by atoms with Gasteiger partial charge in [0.2, 0.25) is 0 Å². The Morgan fingerprint density at radius 1 is 1.26 bits per heavy atom. The Balaban J connectivity index is 3.09. The van der Waals surface area contributed by atoms with Crippen LogP contribution >= 0.6 is 15.9 Å². The van der Waals surface area contributed by atoms with Crippen LogP contribution in [0.3, 0.4) is 0 Å². The molecule has 0 aliphatic rings. The zero-order valence-corrected chi connectivity index (χ0v) is 13.8. The van der Waals surface area contributed by atoms with Crippen LogP contribution in [0.5, 0.6) is 0 Å². The fraction of sp³-hybridized carbons (Fsp3) is 0.714. The number of nitrogen functional groups attached to an aromatic ring is 1. The van der Waals surface area contributed by atoms with Crippen molar-refractivity contribution in [1.29, 1.82) is 0 Å². The van der Waals surface area contributed by atoms with E-state index in [1.54, 1.807) is 0 Å². The molecule has 2 N–H and O–H groups in total. The normalized spacial score (nSPS) is 12.9. The molecule has 0 bridgehead atoms. The first kappa shape index (κ1) is 16.4. The van der Waals surface area contributed by atoms with Crippen molar-refractivity contribution >= 4 is 21.7 Å². The third-order valence-corrected chi connectivity index (χ3v) is 3.63. The molecule has 0 aliphatic carbocycles. The number of halogens is 1. The van der Waals surface area contributed by atoms with E-state index in [0.29, 0.717) is 24.2 Å². The van der Waals surface area contributed by atoms with Crippen LogP contribution in [0.25, 0.3) is 0 Å². The van der Waals surface area contributed by atoms with Crippen molar-refractivity contribution in [3.63, 3.8) is 0 Å². The highest BCUT2D eigenvalue weighted by Gasteiger charge is 2.18. The molecule has 0 amide bonds.